The summed E-state index contributed by atoms with van der Waals surface area (Å²) in [5.41, 5.74) is 0.556. The molecule has 0 bridgehead atoms. The molecule has 0 fully saturated rings. The van der Waals surface area contributed by atoms with E-state index in [-0.39, 0.29) is 11.4 Å². The van der Waals surface area contributed by atoms with Gasteiger partial charge in [-0.05, 0) is 31.0 Å². The highest BCUT2D eigenvalue weighted by Crippen LogP contribution is 2.20. The first kappa shape index (κ1) is 15.9. The molecule has 0 aromatic heterocycles. The lowest BCUT2D eigenvalue weighted by atomic mass is 10.1. The predicted molar refractivity (Wildman–Crippen MR) is 72.8 cm³/mol. The number of hydrogen-bond acceptors (Lipinski definition) is 3. The zero-order valence-electron chi connectivity index (χ0n) is 10.7. The summed E-state index contributed by atoms with van der Waals surface area (Å²) in [6.45, 7) is 3.21. The lowest BCUT2D eigenvalue weighted by molar-refractivity contribution is -0.141. The molecule has 1 unspecified atom stereocenters. The van der Waals surface area contributed by atoms with Crippen LogP contribution in [0.25, 0.3) is 0 Å². The predicted octanol–water partition coefficient (Wildman–Crippen LogP) is 2.04. The van der Waals surface area contributed by atoms with Crippen LogP contribution >= 0.6 is 11.6 Å². The van der Waals surface area contributed by atoms with E-state index in [2.05, 4.69) is 4.72 Å². The molecule has 0 aliphatic rings. The molecule has 7 heteroatoms. The highest BCUT2D eigenvalue weighted by atomic mass is 35.5. The van der Waals surface area contributed by atoms with Gasteiger partial charge in [0.05, 0.1) is 10.8 Å². The molecule has 0 aliphatic heterocycles. The first-order valence-corrected chi connectivity index (χ1v) is 7.62. The zero-order chi connectivity index (χ0) is 14.6. The first-order valence-electron chi connectivity index (χ1n) is 5.76. The van der Waals surface area contributed by atoms with E-state index in [0.717, 1.165) is 0 Å². The van der Waals surface area contributed by atoms with Gasteiger partial charge < -0.3 is 5.11 Å². The number of aliphatic carboxylic acids is 1. The molecule has 1 aromatic rings. The fraction of sp³-hybridized carbons (Fsp3) is 0.417. The van der Waals surface area contributed by atoms with Gasteiger partial charge >= 0.3 is 5.97 Å². The van der Waals surface area contributed by atoms with Crippen molar-refractivity contribution in [2.75, 3.05) is 6.54 Å². The highest BCUT2D eigenvalue weighted by Gasteiger charge is 2.21. The van der Waals surface area contributed by atoms with Crippen LogP contribution in [0.1, 0.15) is 18.9 Å². The van der Waals surface area contributed by atoms with E-state index >= 15 is 0 Å². The SMILES string of the molecule is CCC(CNS(=O)(=O)c1cc(Cl)ccc1C)C(=O)O. The molecule has 1 atom stereocenters. The first-order chi connectivity index (χ1) is 8.77. The maximum absolute atomic E-state index is 12.1. The minimum atomic E-state index is -3.75. The summed E-state index contributed by atoms with van der Waals surface area (Å²) in [5, 5.41) is 9.20. The van der Waals surface area contributed by atoms with Crippen molar-refractivity contribution in [2.45, 2.75) is 25.2 Å². The van der Waals surface area contributed by atoms with Crippen molar-refractivity contribution in [3.8, 4) is 0 Å². The maximum atomic E-state index is 12.1. The van der Waals surface area contributed by atoms with Crippen molar-refractivity contribution in [3.05, 3.63) is 28.8 Å². The third kappa shape index (κ3) is 4.19. The van der Waals surface area contributed by atoms with E-state index in [1.807, 2.05) is 0 Å². The van der Waals surface area contributed by atoms with Crippen LogP contribution < -0.4 is 4.72 Å². The average Bonchev–Trinajstić information content (AvgIpc) is 2.32. The van der Waals surface area contributed by atoms with Crippen molar-refractivity contribution in [2.24, 2.45) is 5.92 Å². The maximum Gasteiger partial charge on any atom is 0.307 e. The molecule has 106 valence electrons. The second kappa shape index (κ2) is 6.36. The molecule has 0 aliphatic carbocycles. The summed E-state index contributed by atoms with van der Waals surface area (Å²) in [4.78, 5) is 10.9. The number of rotatable bonds is 6. The zero-order valence-corrected chi connectivity index (χ0v) is 12.3. The Morgan fingerprint density at radius 1 is 1.47 bits per heavy atom. The standard InChI is InChI=1S/C12H16ClNO4S/c1-3-9(12(15)16)7-14-19(17,18)11-6-10(13)5-4-8(11)2/h4-6,9,14H,3,7H2,1-2H3,(H,15,16). The normalized spacial score (nSPS) is 13.2. The monoisotopic (exact) mass is 305 g/mol. The van der Waals surface area contributed by atoms with E-state index < -0.39 is 21.9 Å². The van der Waals surface area contributed by atoms with Crippen LogP contribution in [0.5, 0.6) is 0 Å². The van der Waals surface area contributed by atoms with Gasteiger partial charge in [-0.15, -0.1) is 0 Å². The lowest BCUT2D eigenvalue weighted by Crippen LogP contribution is -2.33. The van der Waals surface area contributed by atoms with Crippen LogP contribution in [0.2, 0.25) is 5.02 Å². The number of aryl methyl sites for hydroxylation is 1. The minimum absolute atomic E-state index is 0.0697. The van der Waals surface area contributed by atoms with Crippen LogP contribution in [-0.2, 0) is 14.8 Å². The lowest BCUT2D eigenvalue weighted by Gasteiger charge is -2.13. The van der Waals surface area contributed by atoms with Gasteiger partial charge in [-0.25, -0.2) is 13.1 Å². The smallest absolute Gasteiger partial charge is 0.307 e. The molecule has 0 saturated carbocycles. The van der Waals surface area contributed by atoms with Gasteiger partial charge in [0.15, 0.2) is 0 Å². The summed E-state index contributed by atoms with van der Waals surface area (Å²) in [5.74, 6) is -1.76. The van der Waals surface area contributed by atoms with Gasteiger partial charge in [-0.1, -0.05) is 24.6 Å². The van der Waals surface area contributed by atoms with Crippen molar-refractivity contribution >= 4 is 27.6 Å². The number of carboxylic acid groups (broad SMARTS) is 1. The minimum Gasteiger partial charge on any atom is -0.481 e. The molecule has 5 nitrogen and oxygen atoms in total. The quantitative estimate of drug-likeness (QED) is 0.842. The van der Waals surface area contributed by atoms with Gasteiger partial charge in [0.25, 0.3) is 0 Å². The molecule has 19 heavy (non-hydrogen) atoms. The third-order valence-electron chi connectivity index (χ3n) is 2.80. The largest absolute Gasteiger partial charge is 0.481 e. The van der Waals surface area contributed by atoms with Crippen molar-refractivity contribution in [1.29, 1.82) is 0 Å². The van der Waals surface area contributed by atoms with E-state index in [1.165, 1.54) is 6.07 Å². The fourth-order valence-corrected chi connectivity index (χ4v) is 3.14. The number of nitrogens with one attached hydrogen (secondary N) is 1. The molecule has 1 rings (SSSR count). The third-order valence-corrected chi connectivity index (χ3v) is 4.60. The van der Waals surface area contributed by atoms with Crippen LogP contribution in [0.4, 0.5) is 0 Å². The summed E-state index contributed by atoms with van der Waals surface area (Å²) >= 11 is 5.78. The number of sulfonamides is 1. The number of carbonyl (C=O) groups is 1. The summed E-state index contributed by atoms with van der Waals surface area (Å²) < 4.78 is 26.5. The van der Waals surface area contributed by atoms with E-state index in [1.54, 1.807) is 26.0 Å². The van der Waals surface area contributed by atoms with Crippen LogP contribution in [-0.4, -0.2) is 26.0 Å². The number of halogens is 1. The summed E-state index contributed by atoms with van der Waals surface area (Å²) in [7, 11) is -3.75. The topological polar surface area (TPSA) is 83.5 Å². The molecule has 0 saturated heterocycles. The number of hydrogen-bond donors (Lipinski definition) is 2. The number of carboxylic acids is 1. The van der Waals surface area contributed by atoms with Crippen molar-refractivity contribution in [1.82, 2.24) is 4.72 Å². The average molecular weight is 306 g/mol. The van der Waals surface area contributed by atoms with Crippen LogP contribution in [0.15, 0.2) is 23.1 Å². The Bertz CT molecular complexity index is 571. The molecule has 0 radical (unpaired) electrons. The molecular weight excluding hydrogens is 290 g/mol. The highest BCUT2D eigenvalue weighted by molar-refractivity contribution is 7.89. The Morgan fingerprint density at radius 2 is 2.11 bits per heavy atom. The second-order valence-corrected chi connectivity index (χ2v) is 6.38. The molecule has 0 heterocycles. The van der Waals surface area contributed by atoms with Crippen LogP contribution in [0.3, 0.4) is 0 Å². The second-order valence-electron chi connectivity index (χ2n) is 4.21. The van der Waals surface area contributed by atoms with Crippen molar-refractivity contribution < 1.29 is 18.3 Å². The van der Waals surface area contributed by atoms with Gasteiger partial charge in [0, 0.05) is 11.6 Å². The Balaban J connectivity index is 2.93. The Kier molecular flexibility index (Phi) is 5.34. The number of benzene rings is 1. The van der Waals surface area contributed by atoms with E-state index in [4.69, 9.17) is 16.7 Å². The molecule has 0 amide bonds. The molecule has 1 aromatic carbocycles. The Hall–Kier alpha value is -1.11. The van der Waals surface area contributed by atoms with Gasteiger partial charge in [-0.2, -0.15) is 0 Å². The molecule has 0 spiro atoms. The van der Waals surface area contributed by atoms with E-state index in [9.17, 15) is 13.2 Å². The van der Waals surface area contributed by atoms with Gasteiger partial charge in [0.1, 0.15) is 0 Å². The van der Waals surface area contributed by atoms with E-state index in [0.29, 0.717) is 17.0 Å². The summed E-state index contributed by atoms with van der Waals surface area (Å²) in [6.07, 6.45) is 0.354. The van der Waals surface area contributed by atoms with Crippen LogP contribution in [0, 0.1) is 12.8 Å². The van der Waals surface area contributed by atoms with Gasteiger partial charge in [0.2, 0.25) is 10.0 Å². The summed E-state index contributed by atoms with van der Waals surface area (Å²) in [6, 6.07) is 4.55. The Morgan fingerprint density at radius 3 is 2.63 bits per heavy atom. The molecule has 2 N–H and O–H groups in total. The van der Waals surface area contributed by atoms with Gasteiger partial charge in [-0.3, -0.25) is 4.79 Å². The fourth-order valence-electron chi connectivity index (χ4n) is 1.56. The Labute approximate surface area is 117 Å². The van der Waals surface area contributed by atoms with Crippen molar-refractivity contribution in [3.63, 3.8) is 0 Å². The molecular formula is C12H16ClNO4S.